The van der Waals surface area contributed by atoms with Crippen LogP contribution >= 0.6 is 15.9 Å². The molecule has 0 amide bonds. The standard InChI is InChI=1S/C6H5BrFNO/c7-5-1-4(2-8)3-9-6(5)10/h1,3H,2H2,(H,9,10). The van der Waals surface area contributed by atoms with E-state index >= 15 is 0 Å². The highest BCUT2D eigenvalue weighted by atomic mass is 79.9. The quantitative estimate of drug-likeness (QED) is 0.743. The van der Waals surface area contributed by atoms with Crippen LogP contribution in [0.15, 0.2) is 21.5 Å². The molecule has 10 heavy (non-hydrogen) atoms. The third-order valence-electron chi connectivity index (χ3n) is 1.07. The molecule has 0 fully saturated rings. The molecule has 0 aromatic carbocycles. The van der Waals surface area contributed by atoms with Crippen LogP contribution < -0.4 is 5.56 Å². The molecule has 1 rings (SSSR count). The highest BCUT2D eigenvalue weighted by Crippen LogP contribution is 2.05. The van der Waals surface area contributed by atoms with Gasteiger partial charge >= 0.3 is 0 Å². The van der Waals surface area contributed by atoms with E-state index in [9.17, 15) is 9.18 Å². The van der Waals surface area contributed by atoms with Crippen molar-refractivity contribution in [3.63, 3.8) is 0 Å². The van der Waals surface area contributed by atoms with Gasteiger partial charge in [-0.1, -0.05) is 0 Å². The summed E-state index contributed by atoms with van der Waals surface area (Å²) in [7, 11) is 0. The molecule has 1 N–H and O–H groups in total. The predicted octanol–water partition coefficient (Wildman–Crippen LogP) is 1.61. The molecule has 0 radical (unpaired) electrons. The fourth-order valence-corrected chi connectivity index (χ4v) is 0.983. The third-order valence-corrected chi connectivity index (χ3v) is 1.66. The lowest BCUT2D eigenvalue weighted by molar-refractivity contribution is 0.484. The Kier molecular flexibility index (Phi) is 2.21. The normalized spacial score (nSPS) is 9.80. The molecule has 0 atom stereocenters. The smallest absolute Gasteiger partial charge is 0.262 e. The predicted molar refractivity (Wildman–Crippen MR) is 39.6 cm³/mol. The maximum Gasteiger partial charge on any atom is 0.262 e. The van der Waals surface area contributed by atoms with E-state index in [0.717, 1.165) is 0 Å². The summed E-state index contributed by atoms with van der Waals surface area (Å²) in [5.74, 6) is 0. The molecule has 4 heteroatoms. The number of nitrogens with one attached hydrogen (secondary N) is 1. The zero-order valence-electron chi connectivity index (χ0n) is 5.03. The first-order valence-electron chi connectivity index (χ1n) is 2.67. The van der Waals surface area contributed by atoms with Crippen LogP contribution in [-0.2, 0) is 6.67 Å². The van der Waals surface area contributed by atoms with E-state index in [0.29, 0.717) is 10.0 Å². The van der Waals surface area contributed by atoms with Crippen LogP contribution in [0.5, 0.6) is 0 Å². The molecule has 1 aromatic rings. The van der Waals surface area contributed by atoms with E-state index < -0.39 is 6.67 Å². The van der Waals surface area contributed by atoms with Gasteiger partial charge in [-0.05, 0) is 22.0 Å². The summed E-state index contributed by atoms with van der Waals surface area (Å²) in [6.07, 6.45) is 1.35. The van der Waals surface area contributed by atoms with Gasteiger partial charge in [0.15, 0.2) is 0 Å². The van der Waals surface area contributed by atoms with Crippen LogP contribution in [0.3, 0.4) is 0 Å². The summed E-state index contributed by atoms with van der Waals surface area (Å²) < 4.78 is 12.3. The van der Waals surface area contributed by atoms with Crippen molar-refractivity contribution in [2.75, 3.05) is 0 Å². The maximum absolute atomic E-state index is 11.9. The minimum atomic E-state index is -0.560. The molecule has 0 aliphatic rings. The second kappa shape index (κ2) is 2.96. The molecular formula is C6H5BrFNO. The van der Waals surface area contributed by atoms with Crippen molar-refractivity contribution in [1.82, 2.24) is 4.98 Å². The number of aromatic amines is 1. The summed E-state index contributed by atoms with van der Waals surface area (Å²) >= 11 is 2.98. The Morgan fingerprint density at radius 2 is 2.40 bits per heavy atom. The van der Waals surface area contributed by atoms with Crippen LogP contribution in [0.2, 0.25) is 0 Å². The van der Waals surface area contributed by atoms with Gasteiger partial charge in [0.2, 0.25) is 0 Å². The summed E-state index contributed by atoms with van der Waals surface area (Å²) in [6, 6.07) is 1.46. The van der Waals surface area contributed by atoms with Crippen molar-refractivity contribution in [3.05, 3.63) is 32.7 Å². The minimum Gasteiger partial charge on any atom is -0.328 e. The number of hydrogen-bond donors (Lipinski definition) is 1. The first kappa shape index (κ1) is 7.47. The lowest BCUT2D eigenvalue weighted by Gasteiger charge is -1.92. The highest BCUT2D eigenvalue weighted by molar-refractivity contribution is 9.10. The maximum atomic E-state index is 11.9. The van der Waals surface area contributed by atoms with Crippen molar-refractivity contribution >= 4 is 15.9 Å². The van der Waals surface area contributed by atoms with Gasteiger partial charge < -0.3 is 4.98 Å². The first-order valence-corrected chi connectivity index (χ1v) is 3.46. The second-order valence-electron chi connectivity index (χ2n) is 1.82. The zero-order valence-corrected chi connectivity index (χ0v) is 6.61. The van der Waals surface area contributed by atoms with Crippen molar-refractivity contribution in [1.29, 1.82) is 0 Å². The Bertz CT molecular complexity index is 283. The van der Waals surface area contributed by atoms with Crippen molar-refractivity contribution in [2.24, 2.45) is 0 Å². The molecule has 0 unspecified atom stereocenters. The summed E-state index contributed by atoms with van der Waals surface area (Å²) in [6.45, 7) is -0.560. The van der Waals surface area contributed by atoms with Crippen LogP contribution in [0.1, 0.15) is 5.56 Å². The van der Waals surface area contributed by atoms with Gasteiger partial charge in [-0.2, -0.15) is 0 Å². The fraction of sp³-hybridized carbons (Fsp3) is 0.167. The Balaban J connectivity index is 3.17. The van der Waals surface area contributed by atoms with Gasteiger partial charge in [0.1, 0.15) is 6.67 Å². The summed E-state index contributed by atoms with van der Waals surface area (Å²) in [4.78, 5) is 13.0. The van der Waals surface area contributed by atoms with E-state index in [1.54, 1.807) is 0 Å². The molecule has 1 aromatic heterocycles. The van der Waals surface area contributed by atoms with Crippen LogP contribution in [0, 0.1) is 0 Å². The Labute approximate surface area is 65.2 Å². The average molecular weight is 206 g/mol. The average Bonchev–Trinajstić information content (AvgIpc) is 1.95. The number of pyridine rings is 1. The molecule has 0 spiro atoms. The Hall–Kier alpha value is -0.640. The molecular weight excluding hydrogens is 201 g/mol. The van der Waals surface area contributed by atoms with Gasteiger partial charge in [-0.15, -0.1) is 0 Å². The first-order chi connectivity index (χ1) is 4.74. The Morgan fingerprint density at radius 3 is 2.90 bits per heavy atom. The van der Waals surface area contributed by atoms with E-state index in [2.05, 4.69) is 20.9 Å². The molecule has 1 heterocycles. The van der Waals surface area contributed by atoms with Crippen molar-refractivity contribution < 1.29 is 4.39 Å². The van der Waals surface area contributed by atoms with Gasteiger partial charge in [0.25, 0.3) is 5.56 Å². The third kappa shape index (κ3) is 1.44. The molecule has 0 bridgehead atoms. The monoisotopic (exact) mass is 205 g/mol. The number of alkyl halides is 1. The lowest BCUT2D eigenvalue weighted by Crippen LogP contribution is -2.05. The summed E-state index contributed by atoms with van der Waals surface area (Å²) in [5.41, 5.74) is 0.226. The van der Waals surface area contributed by atoms with Gasteiger partial charge in [-0.25, -0.2) is 4.39 Å². The van der Waals surface area contributed by atoms with E-state index in [-0.39, 0.29) is 5.56 Å². The van der Waals surface area contributed by atoms with Gasteiger partial charge in [0.05, 0.1) is 4.47 Å². The van der Waals surface area contributed by atoms with Crippen molar-refractivity contribution in [3.8, 4) is 0 Å². The molecule has 2 nitrogen and oxygen atoms in total. The molecule has 0 aliphatic heterocycles. The largest absolute Gasteiger partial charge is 0.328 e. The van der Waals surface area contributed by atoms with Crippen molar-refractivity contribution in [2.45, 2.75) is 6.67 Å². The zero-order chi connectivity index (χ0) is 7.56. The SMILES string of the molecule is O=c1[nH]cc(CF)cc1Br. The fourth-order valence-electron chi connectivity index (χ4n) is 0.574. The van der Waals surface area contributed by atoms with E-state index in [4.69, 9.17) is 0 Å². The van der Waals surface area contributed by atoms with Crippen LogP contribution in [-0.4, -0.2) is 4.98 Å². The molecule has 0 saturated carbocycles. The lowest BCUT2D eigenvalue weighted by atomic mass is 10.3. The number of rotatable bonds is 1. The number of hydrogen-bond acceptors (Lipinski definition) is 1. The van der Waals surface area contributed by atoms with Crippen LogP contribution in [0.4, 0.5) is 4.39 Å². The topological polar surface area (TPSA) is 32.9 Å². The van der Waals surface area contributed by atoms with Crippen LogP contribution in [0.25, 0.3) is 0 Å². The van der Waals surface area contributed by atoms with Gasteiger partial charge in [-0.3, -0.25) is 4.79 Å². The molecule has 0 saturated heterocycles. The minimum absolute atomic E-state index is 0.239. The van der Waals surface area contributed by atoms with E-state index in [1.807, 2.05) is 0 Å². The number of halogens is 2. The van der Waals surface area contributed by atoms with Gasteiger partial charge in [0, 0.05) is 11.8 Å². The number of aromatic nitrogens is 1. The summed E-state index contributed by atoms with van der Waals surface area (Å²) in [5, 5.41) is 0. The number of H-pyrrole nitrogens is 1. The second-order valence-corrected chi connectivity index (χ2v) is 2.67. The van der Waals surface area contributed by atoms with E-state index in [1.165, 1.54) is 12.3 Å². The Morgan fingerprint density at radius 1 is 1.70 bits per heavy atom. The highest BCUT2D eigenvalue weighted by Gasteiger charge is 1.95. The molecule has 54 valence electrons. The molecule has 0 aliphatic carbocycles.